The Morgan fingerprint density at radius 2 is 1.47 bits per heavy atom. The number of rotatable bonds is 6. The van der Waals surface area contributed by atoms with E-state index in [0.29, 0.717) is 18.9 Å². The number of carboxylic acid groups (broad SMARTS) is 3. The van der Waals surface area contributed by atoms with Gasteiger partial charge in [0.05, 0.1) is 0 Å². The molecule has 0 saturated carbocycles. The van der Waals surface area contributed by atoms with Gasteiger partial charge in [0.2, 0.25) is 0 Å². The minimum Gasteiger partial charge on any atom is -0.480 e. The number of unbranched alkanes of at least 4 members (excludes halogenated alkanes) is 1. The van der Waals surface area contributed by atoms with Gasteiger partial charge in [0, 0.05) is 0 Å². The standard InChI is InChI=1S/C9H12O6/c1-2-3-4-5-9(6(10)11,7(12)13)8(14)15/h4-5H,2-3H2,1H3,(H,10,11)(H,12,13)(H,14,15). The van der Waals surface area contributed by atoms with Crippen LogP contribution in [0.2, 0.25) is 0 Å². The van der Waals surface area contributed by atoms with Crippen LogP contribution in [0, 0.1) is 5.41 Å². The lowest BCUT2D eigenvalue weighted by atomic mass is 9.87. The second-order valence-corrected chi connectivity index (χ2v) is 2.91. The molecule has 3 N–H and O–H groups in total. The molecule has 0 bridgehead atoms. The molecule has 0 aliphatic rings. The van der Waals surface area contributed by atoms with Gasteiger partial charge in [-0.25, -0.2) is 0 Å². The number of aliphatic carboxylic acids is 3. The Hall–Kier alpha value is -1.85. The molecular formula is C9H12O6. The molecule has 0 heterocycles. The molecule has 6 nitrogen and oxygen atoms in total. The molecule has 0 rings (SSSR count). The summed E-state index contributed by atoms with van der Waals surface area (Å²) in [6, 6.07) is 0. The average molecular weight is 216 g/mol. The summed E-state index contributed by atoms with van der Waals surface area (Å²) in [6.45, 7) is 1.80. The highest BCUT2D eigenvalue weighted by Gasteiger charge is 2.52. The number of hydrogen-bond acceptors (Lipinski definition) is 3. The second-order valence-electron chi connectivity index (χ2n) is 2.91. The molecule has 15 heavy (non-hydrogen) atoms. The van der Waals surface area contributed by atoms with Gasteiger partial charge in [-0.1, -0.05) is 19.4 Å². The Labute approximate surface area is 85.8 Å². The van der Waals surface area contributed by atoms with Crippen LogP contribution in [-0.4, -0.2) is 33.2 Å². The van der Waals surface area contributed by atoms with Crippen molar-refractivity contribution in [1.29, 1.82) is 0 Å². The van der Waals surface area contributed by atoms with Crippen LogP contribution in [0.15, 0.2) is 12.2 Å². The van der Waals surface area contributed by atoms with E-state index >= 15 is 0 Å². The van der Waals surface area contributed by atoms with E-state index in [1.165, 1.54) is 6.08 Å². The van der Waals surface area contributed by atoms with Crippen LogP contribution in [-0.2, 0) is 14.4 Å². The van der Waals surface area contributed by atoms with E-state index in [1.54, 1.807) is 6.92 Å². The monoisotopic (exact) mass is 216 g/mol. The van der Waals surface area contributed by atoms with Crippen LogP contribution in [0.1, 0.15) is 19.8 Å². The fourth-order valence-corrected chi connectivity index (χ4v) is 0.915. The highest BCUT2D eigenvalue weighted by Crippen LogP contribution is 2.21. The van der Waals surface area contributed by atoms with Crippen LogP contribution >= 0.6 is 0 Å². The van der Waals surface area contributed by atoms with E-state index in [0.717, 1.165) is 0 Å². The summed E-state index contributed by atoms with van der Waals surface area (Å²) in [7, 11) is 0. The van der Waals surface area contributed by atoms with Crippen LogP contribution in [0.25, 0.3) is 0 Å². The first-order valence-electron chi connectivity index (χ1n) is 4.27. The highest BCUT2D eigenvalue weighted by molar-refractivity contribution is 6.18. The van der Waals surface area contributed by atoms with Crippen molar-refractivity contribution in [3.8, 4) is 0 Å². The first kappa shape index (κ1) is 13.2. The van der Waals surface area contributed by atoms with Crippen molar-refractivity contribution in [2.24, 2.45) is 5.41 Å². The molecular weight excluding hydrogens is 204 g/mol. The van der Waals surface area contributed by atoms with Crippen molar-refractivity contribution < 1.29 is 29.7 Å². The molecule has 0 unspecified atom stereocenters. The van der Waals surface area contributed by atoms with E-state index < -0.39 is 23.3 Å². The van der Waals surface area contributed by atoms with E-state index in [1.807, 2.05) is 0 Å². The van der Waals surface area contributed by atoms with Gasteiger partial charge in [-0.3, -0.25) is 14.4 Å². The summed E-state index contributed by atoms with van der Waals surface area (Å²) >= 11 is 0. The summed E-state index contributed by atoms with van der Waals surface area (Å²) in [6.07, 6.45) is 3.04. The van der Waals surface area contributed by atoms with E-state index in [-0.39, 0.29) is 0 Å². The first-order chi connectivity index (χ1) is 6.89. The van der Waals surface area contributed by atoms with Crippen LogP contribution < -0.4 is 0 Å². The maximum atomic E-state index is 10.7. The lowest BCUT2D eigenvalue weighted by Gasteiger charge is -2.15. The zero-order valence-electron chi connectivity index (χ0n) is 8.14. The molecule has 0 aromatic carbocycles. The number of allylic oxidation sites excluding steroid dienone is 1. The van der Waals surface area contributed by atoms with Crippen molar-refractivity contribution in [2.45, 2.75) is 19.8 Å². The molecule has 0 radical (unpaired) electrons. The quantitative estimate of drug-likeness (QED) is 0.442. The van der Waals surface area contributed by atoms with E-state index in [2.05, 4.69) is 0 Å². The van der Waals surface area contributed by atoms with Gasteiger partial charge >= 0.3 is 17.9 Å². The van der Waals surface area contributed by atoms with Gasteiger partial charge in [0.15, 0.2) is 0 Å². The Morgan fingerprint density at radius 3 is 1.73 bits per heavy atom. The molecule has 0 amide bonds. The lowest BCUT2D eigenvalue weighted by molar-refractivity contribution is -0.171. The van der Waals surface area contributed by atoms with Gasteiger partial charge in [-0.15, -0.1) is 0 Å². The number of carbonyl (C=O) groups is 3. The fourth-order valence-electron chi connectivity index (χ4n) is 0.915. The number of carboxylic acids is 3. The van der Waals surface area contributed by atoms with Gasteiger partial charge in [-0.05, 0) is 12.5 Å². The zero-order valence-corrected chi connectivity index (χ0v) is 8.14. The average Bonchev–Trinajstić information content (AvgIpc) is 2.10. The van der Waals surface area contributed by atoms with Gasteiger partial charge in [0.25, 0.3) is 5.41 Å². The maximum Gasteiger partial charge on any atom is 0.336 e. The molecule has 0 fully saturated rings. The van der Waals surface area contributed by atoms with E-state index in [4.69, 9.17) is 15.3 Å². The SMILES string of the molecule is CCCC=CC(C(=O)O)(C(=O)O)C(=O)O. The third kappa shape index (κ3) is 2.55. The Kier molecular flexibility index (Phi) is 4.50. The largest absolute Gasteiger partial charge is 0.480 e. The predicted octanol–water partition coefficient (Wildman–Crippen LogP) is 0.583. The minimum atomic E-state index is -2.88. The molecule has 0 aromatic heterocycles. The molecule has 0 aliphatic carbocycles. The van der Waals surface area contributed by atoms with Crippen LogP contribution in [0.3, 0.4) is 0 Å². The van der Waals surface area contributed by atoms with Crippen molar-refractivity contribution in [3.05, 3.63) is 12.2 Å². The summed E-state index contributed by atoms with van der Waals surface area (Å²) in [4.78, 5) is 32.1. The minimum absolute atomic E-state index is 0.426. The molecule has 0 aromatic rings. The first-order valence-corrected chi connectivity index (χ1v) is 4.27. The maximum absolute atomic E-state index is 10.7. The van der Waals surface area contributed by atoms with Crippen LogP contribution in [0.5, 0.6) is 0 Å². The Morgan fingerprint density at radius 1 is 1.07 bits per heavy atom. The summed E-state index contributed by atoms with van der Waals surface area (Å²) in [5.41, 5.74) is -2.88. The van der Waals surface area contributed by atoms with E-state index in [9.17, 15) is 14.4 Å². The molecule has 0 spiro atoms. The lowest BCUT2D eigenvalue weighted by Crippen LogP contribution is -2.44. The highest BCUT2D eigenvalue weighted by atomic mass is 16.4. The second kappa shape index (κ2) is 5.14. The molecule has 0 aliphatic heterocycles. The fraction of sp³-hybridized carbons (Fsp3) is 0.444. The number of hydrogen-bond donors (Lipinski definition) is 3. The van der Waals surface area contributed by atoms with Crippen LogP contribution in [0.4, 0.5) is 0 Å². The zero-order chi connectivity index (χ0) is 12.1. The van der Waals surface area contributed by atoms with Crippen molar-refractivity contribution in [1.82, 2.24) is 0 Å². The Bertz CT molecular complexity index is 268. The molecule has 0 saturated heterocycles. The normalized spacial score (nSPS) is 11.5. The van der Waals surface area contributed by atoms with Crippen molar-refractivity contribution in [3.63, 3.8) is 0 Å². The molecule has 0 atom stereocenters. The summed E-state index contributed by atoms with van der Waals surface area (Å²) in [5.74, 6) is -5.72. The Balaban J connectivity index is 5.25. The van der Waals surface area contributed by atoms with Gasteiger partial charge in [0.1, 0.15) is 0 Å². The molecule has 6 heteroatoms. The van der Waals surface area contributed by atoms with Gasteiger partial charge < -0.3 is 15.3 Å². The summed E-state index contributed by atoms with van der Waals surface area (Å²) < 4.78 is 0. The molecule has 84 valence electrons. The predicted molar refractivity (Wildman–Crippen MR) is 49.4 cm³/mol. The summed E-state index contributed by atoms with van der Waals surface area (Å²) in [5, 5.41) is 26.0. The third-order valence-corrected chi connectivity index (χ3v) is 1.84. The van der Waals surface area contributed by atoms with Gasteiger partial charge in [-0.2, -0.15) is 0 Å². The topological polar surface area (TPSA) is 112 Å². The smallest absolute Gasteiger partial charge is 0.336 e. The van der Waals surface area contributed by atoms with Crippen molar-refractivity contribution in [2.75, 3.05) is 0 Å². The van der Waals surface area contributed by atoms with Crippen molar-refractivity contribution >= 4 is 17.9 Å². The third-order valence-electron chi connectivity index (χ3n) is 1.84.